The first-order chi connectivity index (χ1) is 11.2. The Kier molecular flexibility index (Phi) is 5.13. The second-order valence-electron chi connectivity index (χ2n) is 6.64. The Balaban J connectivity index is 1.68. The van der Waals surface area contributed by atoms with Gasteiger partial charge in [-0.2, -0.15) is 5.10 Å². The highest BCUT2D eigenvalue weighted by atomic mass is 16.3. The van der Waals surface area contributed by atoms with Crippen LogP contribution in [0.25, 0.3) is 0 Å². The first-order valence-corrected chi connectivity index (χ1v) is 8.65. The van der Waals surface area contributed by atoms with Crippen LogP contribution < -0.4 is 5.32 Å². The number of hydrogen-bond acceptors (Lipinski definition) is 3. The molecule has 124 valence electrons. The number of benzene rings is 1. The van der Waals surface area contributed by atoms with E-state index in [1.807, 2.05) is 10.9 Å². The van der Waals surface area contributed by atoms with Gasteiger partial charge in [-0.15, -0.1) is 0 Å². The van der Waals surface area contributed by atoms with Crippen molar-refractivity contribution in [3.8, 4) is 0 Å². The molecule has 0 saturated heterocycles. The molecule has 0 aliphatic heterocycles. The summed E-state index contributed by atoms with van der Waals surface area (Å²) in [5, 5.41) is 17.4. The minimum absolute atomic E-state index is 0.149. The summed E-state index contributed by atoms with van der Waals surface area (Å²) in [6.07, 6.45) is 6.44. The molecule has 23 heavy (non-hydrogen) atoms. The van der Waals surface area contributed by atoms with Gasteiger partial charge in [0.15, 0.2) is 0 Å². The fraction of sp³-hybridized carbons (Fsp3) is 0.526. The first kappa shape index (κ1) is 16.2. The van der Waals surface area contributed by atoms with Crippen LogP contribution in [0.1, 0.15) is 48.2 Å². The Morgan fingerprint density at radius 3 is 3.00 bits per heavy atom. The van der Waals surface area contributed by atoms with Gasteiger partial charge >= 0.3 is 0 Å². The van der Waals surface area contributed by atoms with Crippen molar-refractivity contribution in [3.63, 3.8) is 0 Å². The topological polar surface area (TPSA) is 50.1 Å². The molecule has 0 saturated carbocycles. The maximum atomic E-state index is 9.16. The van der Waals surface area contributed by atoms with E-state index in [9.17, 15) is 0 Å². The van der Waals surface area contributed by atoms with E-state index >= 15 is 0 Å². The molecule has 1 aliphatic rings. The number of nitrogens with one attached hydrogen (secondary N) is 1. The van der Waals surface area contributed by atoms with Gasteiger partial charge in [-0.3, -0.25) is 4.68 Å². The predicted molar refractivity (Wildman–Crippen MR) is 92.5 cm³/mol. The second kappa shape index (κ2) is 7.28. The Morgan fingerprint density at radius 2 is 2.22 bits per heavy atom. The zero-order valence-electron chi connectivity index (χ0n) is 14.1. The molecule has 4 heteroatoms. The third-order valence-electron chi connectivity index (χ3n) is 4.85. The van der Waals surface area contributed by atoms with E-state index in [1.165, 1.54) is 28.8 Å². The van der Waals surface area contributed by atoms with E-state index < -0.39 is 0 Å². The molecular formula is C19H27N3O. The molecule has 1 aromatic heterocycles. The molecule has 2 N–H and O–H groups in total. The summed E-state index contributed by atoms with van der Waals surface area (Å²) >= 11 is 0. The van der Waals surface area contributed by atoms with E-state index in [0.717, 1.165) is 19.3 Å². The van der Waals surface area contributed by atoms with Crippen molar-refractivity contribution in [2.24, 2.45) is 0 Å². The number of aliphatic hydroxyl groups excluding tert-OH is 1. The van der Waals surface area contributed by atoms with Crippen LogP contribution in [0.2, 0.25) is 0 Å². The van der Waals surface area contributed by atoms with Crippen LogP contribution in [-0.4, -0.2) is 27.5 Å². The molecule has 0 bridgehead atoms. The smallest absolute Gasteiger partial charge is 0.0644 e. The Hall–Kier alpha value is -1.65. The lowest BCUT2D eigenvalue weighted by Gasteiger charge is -2.27. The van der Waals surface area contributed by atoms with Crippen molar-refractivity contribution < 1.29 is 5.11 Å². The highest BCUT2D eigenvalue weighted by Gasteiger charge is 2.25. The number of aromatic nitrogens is 2. The number of aryl methyl sites for hydroxylation is 1. The monoisotopic (exact) mass is 313 g/mol. The van der Waals surface area contributed by atoms with Gasteiger partial charge in [-0.25, -0.2) is 0 Å². The zero-order chi connectivity index (χ0) is 16.2. The number of rotatable bonds is 6. The maximum absolute atomic E-state index is 9.16. The van der Waals surface area contributed by atoms with Gasteiger partial charge in [-0.1, -0.05) is 24.3 Å². The summed E-state index contributed by atoms with van der Waals surface area (Å²) in [6.45, 7) is 5.19. The van der Waals surface area contributed by atoms with Crippen LogP contribution in [0.3, 0.4) is 0 Å². The summed E-state index contributed by atoms with van der Waals surface area (Å²) < 4.78 is 1.97. The van der Waals surface area contributed by atoms with Gasteiger partial charge in [0.2, 0.25) is 0 Å². The molecule has 0 fully saturated rings. The highest BCUT2D eigenvalue weighted by Crippen LogP contribution is 2.30. The molecule has 0 amide bonds. The molecule has 1 heterocycles. The van der Waals surface area contributed by atoms with E-state index in [0.29, 0.717) is 18.6 Å². The van der Waals surface area contributed by atoms with Gasteiger partial charge in [0.25, 0.3) is 0 Å². The number of fused-ring (bicyclic) bond motifs is 1. The lowest BCUT2D eigenvalue weighted by atomic mass is 9.91. The van der Waals surface area contributed by atoms with Crippen molar-refractivity contribution >= 4 is 0 Å². The summed E-state index contributed by atoms with van der Waals surface area (Å²) in [5.41, 5.74) is 5.40. The third-order valence-corrected chi connectivity index (χ3v) is 4.85. The fourth-order valence-corrected chi connectivity index (χ4v) is 3.65. The maximum Gasteiger partial charge on any atom is 0.0644 e. The largest absolute Gasteiger partial charge is 0.394 e. The molecular weight excluding hydrogens is 286 g/mol. The minimum Gasteiger partial charge on any atom is -0.394 e. The molecule has 2 aromatic rings. The van der Waals surface area contributed by atoms with Gasteiger partial charge in [0.1, 0.15) is 0 Å². The van der Waals surface area contributed by atoms with E-state index in [4.69, 9.17) is 5.11 Å². The van der Waals surface area contributed by atoms with Crippen LogP contribution in [0, 0.1) is 6.92 Å². The van der Waals surface area contributed by atoms with Crippen molar-refractivity contribution in [1.29, 1.82) is 0 Å². The summed E-state index contributed by atoms with van der Waals surface area (Å²) in [5.74, 6) is 0. The van der Waals surface area contributed by atoms with Crippen LogP contribution in [0.5, 0.6) is 0 Å². The van der Waals surface area contributed by atoms with Crippen LogP contribution >= 0.6 is 0 Å². The molecule has 1 aliphatic carbocycles. The quantitative estimate of drug-likeness (QED) is 0.862. The van der Waals surface area contributed by atoms with Crippen molar-refractivity contribution in [1.82, 2.24) is 15.1 Å². The molecule has 0 spiro atoms. The summed E-state index contributed by atoms with van der Waals surface area (Å²) in [4.78, 5) is 0. The molecule has 0 radical (unpaired) electrons. The standard InChI is InChI=1S/C19H27N3O/c1-14-6-3-4-7-16(14)12-15(2)21-18-8-5-9-19-17(18)13-20-22(19)10-11-23/h3-4,6-7,13,15,18,21,23H,5,8-12H2,1-2H3. The van der Waals surface area contributed by atoms with Gasteiger partial charge < -0.3 is 10.4 Å². The van der Waals surface area contributed by atoms with Crippen LogP contribution in [-0.2, 0) is 19.4 Å². The lowest BCUT2D eigenvalue weighted by Crippen LogP contribution is -2.34. The average Bonchev–Trinajstić information content (AvgIpc) is 2.94. The third kappa shape index (κ3) is 3.65. The number of aliphatic hydroxyl groups is 1. The average molecular weight is 313 g/mol. The van der Waals surface area contributed by atoms with Crippen molar-refractivity contribution in [2.45, 2.75) is 58.2 Å². The SMILES string of the molecule is Cc1ccccc1CC(C)NC1CCCc2c1cnn2CCO. The molecule has 1 aromatic carbocycles. The van der Waals surface area contributed by atoms with Crippen LogP contribution in [0.4, 0.5) is 0 Å². The van der Waals surface area contributed by atoms with E-state index in [-0.39, 0.29) is 6.61 Å². The Labute approximate surface area is 138 Å². The van der Waals surface area contributed by atoms with Gasteiger partial charge in [0, 0.05) is 23.3 Å². The normalized spacial score (nSPS) is 18.7. The fourth-order valence-electron chi connectivity index (χ4n) is 3.65. The summed E-state index contributed by atoms with van der Waals surface area (Å²) in [7, 11) is 0. The van der Waals surface area contributed by atoms with Crippen molar-refractivity contribution in [3.05, 3.63) is 52.8 Å². The Morgan fingerprint density at radius 1 is 1.39 bits per heavy atom. The molecule has 4 nitrogen and oxygen atoms in total. The first-order valence-electron chi connectivity index (χ1n) is 8.65. The van der Waals surface area contributed by atoms with Gasteiger partial charge in [0.05, 0.1) is 19.3 Å². The van der Waals surface area contributed by atoms with E-state index in [2.05, 4.69) is 48.5 Å². The molecule has 2 atom stereocenters. The number of hydrogen-bond donors (Lipinski definition) is 2. The molecule has 2 unspecified atom stereocenters. The minimum atomic E-state index is 0.149. The Bertz CT molecular complexity index is 650. The molecule has 3 rings (SSSR count). The second-order valence-corrected chi connectivity index (χ2v) is 6.64. The zero-order valence-corrected chi connectivity index (χ0v) is 14.1. The summed E-state index contributed by atoms with van der Waals surface area (Å²) in [6, 6.07) is 9.42. The van der Waals surface area contributed by atoms with Gasteiger partial charge in [-0.05, 0) is 50.7 Å². The number of nitrogens with zero attached hydrogens (tertiary/aromatic N) is 2. The predicted octanol–water partition coefficient (Wildman–Crippen LogP) is 2.78. The van der Waals surface area contributed by atoms with Crippen molar-refractivity contribution in [2.75, 3.05) is 6.61 Å². The van der Waals surface area contributed by atoms with E-state index in [1.54, 1.807) is 0 Å². The van der Waals surface area contributed by atoms with Crippen LogP contribution in [0.15, 0.2) is 30.5 Å². The highest BCUT2D eigenvalue weighted by molar-refractivity contribution is 5.27. The lowest BCUT2D eigenvalue weighted by molar-refractivity contribution is 0.266.